The van der Waals surface area contributed by atoms with Crippen molar-refractivity contribution in [2.75, 3.05) is 0 Å². The molecule has 0 aliphatic heterocycles. The lowest BCUT2D eigenvalue weighted by molar-refractivity contribution is 0.576. The van der Waals surface area contributed by atoms with Crippen molar-refractivity contribution in [1.82, 2.24) is 0 Å². The first-order chi connectivity index (χ1) is 10.1. The summed E-state index contributed by atoms with van der Waals surface area (Å²) in [5, 5.41) is 1.51. The van der Waals surface area contributed by atoms with Crippen molar-refractivity contribution in [3.8, 4) is 0 Å². The number of unbranched alkanes of at least 4 members (excludes halogenated alkanes) is 2. The van der Waals surface area contributed by atoms with Gasteiger partial charge >= 0.3 is 0 Å². The molecule has 0 heterocycles. The van der Waals surface area contributed by atoms with Crippen LogP contribution in [0.5, 0.6) is 0 Å². The quantitative estimate of drug-likeness (QED) is 0.546. The largest absolute Gasteiger partial charge is 0.223 e. The summed E-state index contributed by atoms with van der Waals surface area (Å²) in [7, 11) is -3.34. The number of hydrogen-bond donors (Lipinski definition) is 0. The highest BCUT2D eigenvalue weighted by Crippen LogP contribution is 2.25. The summed E-state index contributed by atoms with van der Waals surface area (Å²) in [4.78, 5) is 0.391. The predicted molar refractivity (Wildman–Crippen MR) is 89.3 cm³/mol. The van der Waals surface area contributed by atoms with Crippen molar-refractivity contribution < 1.29 is 8.42 Å². The Hall–Kier alpha value is -1.61. The highest BCUT2D eigenvalue weighted by atomic mass is 32.2. The fraction of sp³-hybridized carbons (Fsp3) is 0.333. The van der Waals surface area contributed by atoms with Crippen LogP contribution in [0.2, 0.25) is 0 Å². The van der Waals surface area contributed by atoms with Crippen molar-refractivity contribution in [3.05, 3.63) is 55.1 Å². The fourth-order valence-electron chi connectivity index (χ4n) is 2.51. The van der Waals surface area contributed by atoms with Crippen LogP contribution in [0.25, 0.3) is 10.8 Å². The number of benzene rings is 2. The van der Waals surface area contributed by atoms with E-state index in [4.69, 9.17) is 0 Å². The molecule has 0 saturated heterocycles. The van der Waals surface area contributed by atoms with E-state index in [1.165, 1.54) is 0 Å². The number of sulfone groups is 1. The van der Waals surface area contributed by atoms with Crippen LogP contribution < -0.4 is 0 Å². The van der Waals surface area contributed by atoms with Crippen LogP contribution in [0.1, 0.15) is 32.6 Å². The molecule has 2 rings (SSSR count). The Kier molecular flexibility index (Phi) is 5.18. The third kappa shape index (κ3) is 3.53. The fourth-order valence-corrected chi connectivity index (χ4v) is 4.14. The van der Waals surface area contributed by atoms with Gasteiger partial charge in [0, 0.05) is 0 Å². The van der Waals surface area contributed by atoms with Crippen molar-refractivity contribution in [3.63, 3.8) is 0 Å². The third-order valence-electron chi connectivity index (χ3n) is 3.80. The molecule has 0 aliphatic rings. The van der Waals surface area contributed by atoms with Gasteiger partial charge < -0.3 is 0 Å². The van der Waals surface area contributed by atoms with Crippen LogP contribution in [-0.2, 0) is 9.84 Å². The summed E-state index contributed by atoms with van der Waals surface area (Å²) in [5.74, 6) is 0. The average Bonchev–Trinajstić information content (AvgIpc) is 2.51. The zero-order valence-electron chi connectivity index (χ0n) is 12.5. The van der Waals surface area contributed by atoms with Crippen LogP contribution in [0.4, 0.5) is 0 Å². The van der Waals surface area contributed by atoms with E-state index in [-0.39, 0.29) is 0 Å². The lowest BCUT2D eigenvalue weighted by atomic mass is 10.1. The highest BCUT2D eigenvalue weighted by Gasteiger charge is 2.24. The maximum Gasteiger partial charge on any atom is 0.184 e. The second-order valence-corrected chi connectivity index (χ2v) is 7.49. The van der Waals surface area contributed by atoms with Gasteiger partial charge in [0.05, 0.1) is 10.1 Å². The standard InChI is InChI=1S/C18H22O2S/c1-3-5-6-11-17(4-2)21(19,20)18-13-12-15-9-7-8-10-16(15)14-18/h4,7-10,12-14,17H,2-3,5-6,11H2,1H3. The Morgan fingerprint density at radius 1 is 1.10 bits per heavy atom. The Morgan fingerprint density at radius 3 is 2.48 bits per heavy atom. The third-order valence-corrected chi connectivity index (χ3v) is 5.94. The van der Waals surface area contributed by atoms with E-state index in [1.54, 1.807) is 18.2 Å². The van der Waals surface area contributed by atoms with Gasteiger partial charge in [0.25, 0.3) is 0 Å². The van der Waals surface area contributed by atoms with Crippen LogP contribution in [0.3, 0.4) is 0 Å². The molecule has 1 unspecified atom stereocenters. The Labute approximate surface area is 127 Å². The van der Waals surface area contributed by atoms with Gasteiger partial charge in [-0.2, -0.15) is 0 Å². The predicted octanol–water partition coefficient (Wildman–Crippen LogP) is 4.75. The molecule has 3 heteroatoms. The summed E-state index contributed by atoms with van der Waals surface area (Å²) in [5.41, 5.74) is 0. The first kappa shape index (κ1) is 15.8. The minimum absolute atomic E-state index is 0.391. The van der Waals surface area contributed by atoms with E-state index >= 15 is 0 Å². The molecule has 0 radical (unpaired) electrons. The topological polar surface area (TPSA) is 34.1 Å². The van der Waals surface area contributed by atoms with Gasteiger partial charge in [0.2, 0.25) is 0 Å². The minimum Gasteiger partial charge on any atom is -0.223 e. The summed E-state index contributed by atoms with van der Waals surface area (Å²) in [6, 6.07) is 13.1. The Bertz CT molecular complexity index is 717. The zero-order chi connectivity index (χ0) is 15.3. The van der Waals surface area contributed by atoms with Gasteiger partial charge in [0.1, 0.15) is 0 Å². The van der Waals surface area contributed by atoms with E-state index in [1.807, 2.05) is 30.3 Å². The van der Waals surface area contributed by atoms with Crippen molar-refractivity contribution in [1.29, 1.82) is 0 Å². The monoisotopic (exact) mass is 302 g/mol. The van der Waals surface area contributed by atoms with Crippen LogP contribution in [0, 0.1) is 0 Å². The molecule has 0 bridgehead atoms. The van der Waals surface area contributed by atoms with E-state index in [2.05, 4.69) is 13.5 Å². The van der Waals surface area contributed by atoms with Gasteiger partial charge in [-0.1, -0.05) is 62.6 Å². The van der Waals surface area contributed by atoms with Crippen LogP contribution in [0.15, 0.2) is 60.0 Å². The van der Waals surface area contributed by atoms with Gasteiger partial charge in [-0.25, -0.2) is 8.42 Å². The van der Waals surface area contributed by atoms with Crippen LogP contribution >= 0.6 is 0 Å². The van der Waals surface area contributed by atoms with E-state index in [9.17, 15) is 8.42 Å². The van der Waals surface area contributed by atoms with Gasteiger partial charge in [-0.05, 0) is 29.3 Å². The Morgan fingerprint density at radius 2 is 1.81 bits per heavy atom. The molecule has 0 spiro atoms. The molecule has 0 aliphatic carbocycles. The highest BCUT2D eigenvalue weighted by molar-refractivity contribution is 7.92. The average molecular weight is 302 g/mol. The van der Waals surface area contributed by atoms with Gasteiger partial charge in [0.15, 0.2) is 9.84 Å². The molecule has 0 amide bonds. The molecule has 0 aromatic heterocycles. The second kappa shape index (κ2) is 6.90. The van der Waals surface area contributed by atoms with E-state index in [0.29, 0.717) is 11.3 Å². The molecule has 112 valence electrons. The lowest BCUT2D eigenvalue weighted by Crippen LogP contribution is -2.19. The molecular weight excluding hydrogens is 280 g/mol. The second-order valence-electron chi connectivity index (χ2n) is 5.32. The normalized spacial score (nSPS) is 13.2. The Balaban J connectivity index is 2.33. The number of fused-ring (bicyclic) bond motifs is 1. The van der Waals surface area contributed by atoms with Crippen molar-refractivity contribution in [2.24, 2.45) is 0 Å². The molecule has 21 heavy (non-hydrogen) atoms. The molecule has 0 fully saturated rings. The molecule has 2 nitrogen and oxygen atoms in total. The summed E-state index contributed by atoms with van der Waals surface area (Å²) in [6.45, 7) is 5.83. The number of rotatable bonds is 7. The van der Waals surface area contributed by atoms with Crippen molar-refractivity contribution >= 4 is 20.6 Å². The molecule has 1 atom stereocenters. The summed E-state index contributed by atoms with van der Waals surface area (Å²) in [6.07, 6.45) is 5.27. The van der Waals surface area contributed by atoms with E-state index < -0.39 is 15.1 Å². The summed E-state index contributed by atoms with van der Waals surface area (Å²) >= 11 is 0. The van der Waals surface area contributed by atoms with Crippen molar-refractivity contribution in [2.45, 2.75) is 42.8 Å². The van der Waals surface area contributed by atoms with E-state index in [0.717, 1.165) is 30.0 Å². The van der Waals surface area contributed by atoms with Crippen LogP contribution in [-0.4, -0.2) is 13.7 Å². The first-order valence-electron chi connectivity index (χ1n) is 7.45. The SMILES string of the molecule is C=CC(CCCCC)S(=O)(=O)c1ccc2ccccc2c1. The molecule has 2 aromatic rings. The zero-order valence-corrected chi connectivity index (χ0v) is 13.3. The van der Waals surface area contributed by atoms with Gasteiger partial charge in [-0.15, -0.1) is 6.58 Å². The molecular formula is C18H22O2S. The number of hydrogen-bond acceptors (Lipinski definition) is 2. The first-order valence-corrected chi connectivity index (χ1v) is 8.99. The lowest BCUT2D eigenvalue weighted by Gasteiger charge is -2.14. The van der Waals surface area contributed by atoms with Gasteiger partial charge in [-0.3, -0.25) is 0 Å². The minimum atomic E-state index is -3.34. The molecule has 0 N–H and O–H groups in total. The molecule has 2 aromatic carbocycles. The smallest absolute Gasteiger partial charge is 0.184 e. The summed E-state index contributed by atoms with van der Waals surface area (Å²) < 4.78 is 25.5. The maximum absolute atomic E-state index is 12.7. The maximum atomic E-state index is 12.7. The molecule has 0 saturated carbocycles.